The molecular weight excluding hydrogens is 228 g/mol. The number of aryl methyl sites for hydroxylation is 2. The molecule has 2 unspecified atom stereocenters. The second-order valence-corrected chi connectivity index (χ2v) is 5.45. The fraction of sp³-hybridized carbons (Fsp3) is 0.692. The molecule has 1 fully saturated rings. The lowest BCUT2D eigenvalue weighted by Crippen LogP contribution is -2.52. The van der Waals surface area contributed by atoms with Crippen molar-refractivity contribution in [2.75, 3.05) is 16.8 Å². The quantitative estimate of drug-likeness (QED) is 0.820. The number of aromatic nitrogens is 2. The van der Waals surface area contributed by atoms with Gasteiger partial charge in [-0.3, -0.25) is 9.48 Å². The van der Waals surface area contributed by atoms with Gasteiger partial charge in [-0.1, -0.05) is 13.8 Å². The molecule has 0 radical (unpaired) electrons. The van der Waals surface area contributed by atoms with E-state index >= 15 is 0 Å². The fourth-order valence-corrected chi connectivity index (χ4v) is 3.12. The van der Waals surface area contributed by atoms with E-state index in [9.17, 15) is 4.79 Å². The van der Waals surface area contributed by atoms with Gasteiger partial charge in [-0.25, -0.2) is 0 Å². The molecule has 5 heteroatoms. The van der Waals surface area contributed by atoms with Crippen LogP contribution in [-0.2, 0) is 18.3 Å². The molecule has 2 aliphatic heterocycles. The van der Waals surface area contributed by atoms with Crippen molar-refractivity contribution in [1.82, 2.24) is 9.78 Å². The van der Waals surface area contributed by atoms with Gasteiger partial charge >= 0.3 is 0 Å². The smallest absolute Gasteiger partial charge is 0.247 e. The van der Waals surface area contributed by atoms with Crippen molar-refractivity contribution in [3.8, 4) is 0 Å². The molecule has 0 spiro atoms. The number of hydrogen-bond donors (Lipinski definition) is 1. The Morgan fingerprint density at radius 3 is 3.00 bits per heavy atom. The summed E-state index contributed by atoms with van der Waals surface area (Å²) in [5, 5.41) is 7.57. The molecule has 1 amide bonds. The molecule has 1 saturated heterocycles. The van der Waals surface area contributed by atoms with E-state index in [0.29, 0.717) is 5.92 Å². The van der Waals surface area contributed by atoms with Crippen molar-refractivity contribution >= 4 is 17.4 Å². The van der Waals surface area contributed by atoms with Crippen molar-refractivity contribution in [2.24, 2.45) is 13.0 Å². The average molecular weight is 248 g/mol. The third-order valence-electron chi connectivity index (χ3n) is 4.11. The normalized spacial score (nSPS) is 26.6. The van der Waals surface area contributed by atoms with Crippen LogP contribution in [0.3, 0.4) is 0 Å². The second kappa shape index (κ2) is 4.00. The van der Waals surface area contributed by atoms with Gasteiger partial charge in [0.2, 0.25) is 5.91 Å². The molecular formula is C13H20N4O. The minimum atomic E-state index is -0.0126. The number of anilines is 2. The minimum Gasteiger partial charge on any atom is -0.343 e. The van der Waals surface area contributed by atoms with Crippen molar-refractivity contribution in [3.05, 3.63) is 5.69 Å². The predicted octanol–water partition coefficient (Wildman–Crippen LogP) is 1.54. The van der Waals surface area contributed by atoms with Crippen LogP contribution in [0.25, 0.3) is 0 Å². The molecule has 0 saturated carbocycles. The zero-order valence-electron chi connectivity index (χ0n) is 11.2. The summed E-state index contributed by atoms with van der Waals surface area (Å²) in [6.07, 6.45) is 2.94. The summed E-state index contributed by atoms with van der Waals surface area (Å²) < 4.78 is 1.91. The van der Waals surface area contributed by atoms with Gasteiger partial charge in [0.15, 0.2) is 5.82 Å². The Morgan fingerprint density at radius 1 is 1.50 bits per heavy atom. The lowest BCUT2D eigenvalue weighted by Gasteiger charge is -2.42. The summed E-state index contributed by atoms with van der Waals surface area (Å²) in [6, 6.07) is -0.0126. The van der Waals surface area contributed by atoms with Crippen LogP contribution in [0.2, 0.25) is 0 Å². The monoisotopic (exact) mass is 248 g/mol. The van der Waals surface area contributed by atoms with Crippen LogP contribution < -0.4 is 10.2 Å². The molecule has 98 valence electrons. The Bertz CT molecular complexity index is 493. The molecule has 1 aromatic rings. The summed E-state index contributed by atoms with van der Waals surface area (Å²) in [6.45, 7) is 5.24. The molecule has 5 nitrogen and oxygen atoms in total. The number of rotatable bonds is 1. The molecule has 0 aromatic carbocycles. The first-order valence-electron chi connectivity index (χ1n) is 6.75. The van der Waals surface area contributed by atoms with Gasteiger partial charge < -0.3 is 10.2 Å². The number of amides is 1. The Balaban J connectivity index is 2.06. The van der Waals surface area contributed by atoms with Crippen LogP contribution in [0.4, 0.5) is 11.5 Å². The van der Waals surface area contributed by atoms with Gasteiger partial charge in [-0.15, -0.1) is 0 Å². The van der Waals surface area contributed by atoms with Gasteiger partial charge in [0.05, 0.1) is 5.69 Å². The Labute approximate surface area is 107 Å². The van der Waals surface area contributed by atoms with E-state index in [1.54, 1.807) is 0 Å². The number of fused-ring (bicyclic) bond motifs is 3. The van der Waals surface area contributed by atoms with Gasteiger partial charge in [-0.05, 0) is 25.2 Å². The topological polar surface area (TPSA) is 50.2 Å². The lowest BCUT2D eigenvalue weighted by atomic mass is 9.90. The predicted molar refractivity (Wildman–Crippen MR) is 70.7 cm³/mol. The molecule has 18 heavy (non-hydrogen) atoms. The number of nitrogens with zero attached hydrogens (tertiary/aromatic N) is 3. The molecule has 0 aliphatic carbocycles. The first-order valence-corrected chi connectivity index (χ1v) is 6.75. The van der Waals surface area contributed by atoms with Gasteiger partial charge in [0.25, 0.3) is 0 Å². The molecule has 0 bridgehead atoms. The van der Waals surface area contributed by atoms with E-state index in [-0.39, 0.29) is 11.9 Å². The van der Waals surface area contributed by atoms with Gasteiger partial charge in [0.1, 0.15) is 11.7 Å². The summed E-state index contributed by atoms with van der Waals surface area (Å²) in [7, 11) is 1.96. The fourth-order valence-electron chi connectivity index (χ4n) is 3.12. The molecule has 1 aromatic heterocycles. The molecule has 2 atom stereocenters. The summed E-state index contributed by atoms with van der Waals surface area (Å²) in [5.41, 5.74) is 1.91. The lowest BCUT2D eigenvalue weighted by molar-refractivity contribution is -0.118. The minimum absolute atomic E-state index is 0.0126. The third kappa shape index (κ3) is 1.53. The van der Waals surface area contributed by atoms with E-state index in [2.05, 4.69) is 29.2 Å². The summed E-state index contributed by atoms with van der Waals surface area (Å²) in [5.74, 6) is 1.84. The standard InChI is InChI=1S/C13H20N4O/c1-4-9-11-13(16(3)15-9)17-6-5-8(2)7-10(17)12(18)14-11/h8,10H,4-7H2,1-3H3,(H,14,18). The summed E-state index contributed by atoms with van der Waals surface area (Å²) >= 11 is 0. The first-order chi connectivity index (χ1) is 8.61. The number of carbonyl (C=O) groups excluding carboxylic acids is 1. The van der Waals surface area contributed by atoms with Gasteiger partial charge in [-0.2, -0.15) is 5.10 Å². The Kier molecular flexibility index (Phi) is 2.57. The van der Waals surface area contributed by atoms with Crippen molar-refractivity contribution < 1.29 is 4.79 Å². The van der Waals surface area contributed by atoms with E-state index in [0.717, 1.165) is 43.0 Å². The van der Waals surface area contributed by atoms with Crippen LogP contribution in [0.5, 0.6) is 0 Å². The van der Waals surface area contributed by atoms with Crippen molar-refractivity contribution in [2.45, 2.75) is 39.2 Å². The van der Waals surface area contributed by atoms with Crippen LogP contribution >= 0.6 is 0 Å². The molecule has 3 rings (SSSR count). The van der Waals surface area contributed by atoms with Crippen LogP contribution in [0.15, 0.2) is 0 Å². The Hall–Kier alpha value is -1.52. The van der Waals surface area contributed by atoms with Crippen molar-refractivity contribution in [1.29, 1.82) is 0 Å². The number of nitrogens with one attached hydrogen (secondary N) is 1. The zero-order valence-corrected chi connectivity index (χ0v) is 11.2. The largest absolute Gasteiger partial charge is 0.343 e. The third-order valence-corrected chi connectivity index (χ3v) is 4.11. The molecule has 3 heterocycles. The van der Waals surface area contributed by atoms with Crippen LogP contribution in [-0.4, -0.2) is 28.3 Å². The maximum absolute atomic E-state index is 12.2. The zero-order chi connectivity index (χ0) is 12.9. The number of hydrogen-bond acceptors (Lipinski definition) is 3. The maximum Gasteiger partial charge on any atom is 0.247 e. The second-order valence-electron chi connectivity index (χ2n) is 5.45. The summed E-state index contributed by atoms with van der Waals surface area (Å²) in [4.78, 5) is 14.5. The number of piperidine rings is 1. The first kappa shape index (κ1) is 11.6. The SMILES string of the molecule is CCc1nn(C)c2c1NC(=O)C1CC(C)CCN21. The van der Waals surface area contributed by atoms with Crippen molar-refractivity contribution in [3.63, 3.8) is 0 Å². The maximum atomic E-state index is 12.2. The van der Waals surface area contributed by atoms with Crippen LogP contribution in [0, 0.1) is 5.92 Å². The van der Waals surface area contributed by atoms with E-state index in [1.807, 2.05) is 11.7 Å². The molecule has 2 aliphatic rings. The van der Waals surface area contributed by atoms with E-state index < -0.39 is 0 Å². The highest BCUT2D eigenvalue weighted by atomic mass is 16.2. The van der Waals surface area contributed by atoms with Crippen LogP contribution in [0.1, 0.15) is 32.4 Å². The highest BCUT2D eigenvalue weighted by Gasteiger charge is 2.39. The van der Waals surface area contributed by atoms with Gasteiger partial charge in [0, 0.05) is 13.6 Å². The number of carbonyl (C=O) groups is 1. The molecule has 1 N–H and O–H groups in total. The highest BCUT2D eigenvalue weighted by Crippen LogP contribution is 2.38. The van der Waals surface area contributed by atoms with E-state index in [1.165, 1.54) is 0 Å². The average Bonchev–Trinajstić information content (AvgIpc) is 2.66. The van der Waals surface area contributed by atoms with E-state index in [4.69, 9.17) is 0 Å². The highest BCUT2D eigenvalue weighted by molar-refractivity contribution is 6.03. The Morgan fingerprint density at radius 2 is 2.28 bits per heavy atom.